The number of rotatable bonds is 5. The molecular weight excluding hydrogens is 208 g/mol. The molecule has 0 aromatic heterocycles. The quantitative estimate of drug-likeness (QED) is 0.753. The number of nitrogens with two attached hydrogens (primary N) is 1. The van der Waals surface area contributed by atoms with E-state index in [1.807, 2.05) is 11.8 Å². The van der Waals surface area contributed by atoms with Crippen molar-refractivity contribution in [1.82, 2.24) is 5.32 Å². The summed E-state index contributed by atoms with van der Waals surface area (Å²) < 4.78 is 0. The van der Waals surface area contributed by atoms with Crippen molar-refractivity contribution in [2.75, 3.05) is 12.3 Å². The highest BCUT2D eigenvalue weighted by Crippen LogP contribution is 2.28. The van der Waals surface area contributed by atoms with Crippen LogP contribution in [0.4, 0.5) is 0 Å². The number of nitrogens with one attached hydrogen (secondary N) is 1. The highest BCUT2D eigenvalue weighted by molar-refractivity contribution is 7.99. The number of thioether (sulfide) groups is 1. The molecule has 0 aliphatic heterocycles. The van der Waals surface area contributed by atoms with Crippen molar-refractivity contribution < 1.29 is 4.79 Å². The Morgan fingerprint density at radius 3 is 2.87 bits per heavy atom. The summed E-state index contributed by atoms with van der Waals surface area (Å²) in [5, 5.41) is 3.73. The maximum atomic E-state index is 11.5. The zero-order chi connectivity index (χ0) is 11.1. The largest absolute Gasteiger partial charge is 0.352 e. The summed E-state index contributed by atoms with van der Waals surface area (Å²) in [4.78, 5) is 11.5. The van der Waals surface area contributed by atoms with Crippen LogP contribution in [0.5, 0.6) is 0 Å². The van der Waals surface area contributed by atoms with Crippen molar-refractivity contribution in [2.24, 2.45) is 5.73 Å². The molecule has 3 N–H and O–H groups in total. The number of carbonyl (C=O) groups is 1. The van der Waals surface area contributed by atoms with E-state index in [1.165, 1.54) is 19.3 Å². The lowest BCUT2D eigenvalue weighted by molar-refractivity contribution is -0.121. The third-order valence-corrected chi connectivity index (χ3v) is 4.13. The average molecular weight is 230 g/mol. The standard InChI is InChI=1S/C11H22N2OS/c1-2-15-10-6-4-3-5-9(10)13-11(14)7-8-12/h9-10H,2-8,12H2,1H3,(H,13,14). The van der Waals surface area contributed by atoms with Gasteiger partial charge in [0.05, 0.1) is 0 Å². The molecule has 2 unspecified atom stereocenters. The molecule has 0 radical (unpaired) electrons. The van der Waals surface area contributed by atoms with E-state index in [0.717, 1.165) is 12.2 Å². The second-order valence-corrected chi connectivity index (χ2v) is 5.51. The Morgan fingerprint density at radius 2 is 2.20 bits per heavy atom. The molecule has 1 aliphatic carbocycles. The van der Waals surface area contributed by atoms with Crippen molar-refractivity contribution in [2.45, 2.75) is 50.3 Å². The van der Waals surface area contributed by atoms with Crippen LogP contribution in [0.1, 0.15) is 39.0 Å². The van der Waals surface area contributed by atoms with E-state index < -0.39 is 0 Å². The van der Waals surface area contributed by atoms with Crippen molar-refractivity contribution >= 4 is 17.7 Å². The molecule has 0 saturated heterocycles. The van der Waals surface area contributed by atoms with E-state index >= 15 is 0 Å². The highest BCUT2D eigenvalue weighted by Gasteiger charge is 2.25. The fourth-order valence-corrected chi connectivity index (χ4v) is 3.28. The Bertz CT molecular complexity index is 197. The molecule has 15 heavy (non-hydrogen) atoms. The van der Waals surface area contributed by atoms with Crippen molar-refractivity contribution in [3.05, 3.63) is 0 Å². The molecule has 4 heteroatoms. The molecule has 2 atom stereocenters. The van der Waals surface area contributed by atoms with Crippen molar-refractivity contribution in [1.29, 1.82) is 0 Å². The van der Waals surface area contributed by atoms with E-state index in [-0.39, 0.29) is 5.91 Å². The monoisotopic (exact) mass is 230 g/mol. The summed E-state index contributed by atoms with van der Waals surface area (Å²) in [6.07, 6.45) is 5.38. The van der Waals surface area contributed by atoms with Gasteiger partial charge in [0.15, 0.2) is 0 Å². The topological polar surface area (TPSA) is 55.1 Å². The minimum absolute atomic E-state index is 0.117. The molecule has 0 spiro atoms. The van der Waals surface area contributed by atoms with E-state index in [2.05, 4.69) is 12.2 Å². The minimum atomic E-state index is 0.117. The molecule has 1 saturated carbocycles. The Labute approximate surface area is 96.6 Å². The molecule has 0 heterocycles. The number of carbonyl (C=O) groups excluding carboxylic acids is 1. The van der Waals surface area contributed by atoms with Crippen LogP contribution in [0.15, 0.2) is 0 Å². The second kappa shape index (κ2) is 7.12. The Hall–Kier alpha value is -0.220. The maximum absolute atomic E-state index is 11.5. The first-order valence-corrected chi connectivity index (χ1v) is 6.93. The van der Waals surface area contributed by atoms with Gasteiger partial charge in [-0.1, -0.05) is 19.8 Å². The first-order valence-electron chi connectivity index (χ1n) is 5.89. The van der Waals surface area contributed by atoms with E-state index in [4.69, 9.17) is 5.73 Å². The van der Waals surface area contributed by atoms with Crippen LogP contribution in [0.2, 0.25) is 0 Å². The lowest BCUT2D eigenvalue weighted by Gasteiger charge is -2.31. The molecule has 0 bridgehead atoms. The third-order valence-electron chi connectivity index (χ3n) is 2.80. The van der Waals surface area contributed by atoms with Gasteiger partial charge in [-0.2, -0.15) is 11.8 Å². The van der Waals surface area contributed by atoms with Gasteiger partial charge in [-0.3, -0.25) is 4.79 Å². The number of hydrogen-bond donors (Lipinski definition) is 2. The Kier molecular flexibility index (Phi) is 6.10. The fraction of sp³-hybridized carbons (Fsp3) is 0.909. The second-order valence-electron chi connectivity index (χ2n) is 3.99. The summed E-state index contributed by atoms with van der Waals surface area (Å²) in [6, 6.07) is 0.378. The van der Waals surface area contributed by atoms with Gasteiger partial charge in [-0.05, 0) is 18.6 Å². The van der Waals surface area contributed by atoms with E-state index in [1.54, 1.807) is 0 Å². The van der Waals surface area contributed by atoms with Crippen LogP contribution < -0.4 is 11.1 Å². The van der Waals surface area contributed by atoms with Crippen LogP contribution in [0.25, 0.3) is 0 Å². The van der Waals surface area contributed by atoms with Crippen molar-refractivity contribution in [3.63, 3.8) is 0 Å². The first kappa shape index (κ1) is 12.8. The zero-order valence-corrected chi connectivity index (χ0v) is 10.3. The molecule has 1 rings (SSSR count). The van der Waals surface area contributed by atoms with Crippen LogP contribution in [0, 0.1) is 0 Å². The number of amides is 1. The zero-order valence-electron chi connectivity index (χ0n) is 9.50. The maximum Gasteiger partial charge on any atom is 0.221 e. The first-order chi connectivity index (χ1) is 7.27. The summed E-state index contributed by atoms with van der Waals surface area (Å²) in [5.74, 6) is 1.25. The predicted molar refractivity (Wildman–Crippen MR) is 66.0 cm³/mol. The molecule has 1 aliphatic rings. The summed E-state index contributed by atoms with van der Waals surface area (Å²) >= 11 is 1.97. The van der Waals surface area contributed by atoms with Crippen LogP contribution in [-0.2, 0) is 4.79 Å². The van der Waals surface area contributed by atoms with Gasteiger partial charge in [-0.15, -0.1) is 0 Å². The Morgan fingerprint density at radius 1 is 1.47 bits per heavy atom. The van der Waals surface area contributed by atoms with Crippen LogP contribution in [-0.4, -0.2) is 29.5 Å². The SMILES string of the molecule is CCSC1CCCCC1NC(=O)CCN. The predicted octanol–water partition coefficient (Wildman–Crippen LogP) is 1.52. The van der Waals surface area contributed by atoms with E-state index in [0.29, 0.717) is 24.3 Å². The van der Waals surface area contributed by atoms with Gasteiger partial charge in [-0.25, -0.2) is 0 Å². The normalized spacial score (nSPS) is 26.3. The fourth-order valence-electron chi connectivity index (χ4n) is 2.09. The average Bonchev–Trinajstić information content (AvgIpc) is 2.21. The van der Waals surface area contributed by atoms with Gasteiger partial charge in [0, 0.05) is 24.3 Å². The summed E-state index contributed by atoms with van der Waals surface area (Å²) in [5.41, 5.74) is 5.36. The molecular formula is C11H22N2OS. The smallest absolute Gasteiger partial charge is 0.221 e. The molecule has 1 fully saturated rings. The Balaban J connectivity index is 2.38. The summed E-state index contributed by atoms with van der Waals surface area (Å²) in [7, 11) is 0. The third kappa shape index (κ3) is 4.43. The van der Waals surface area contributed by atoms with Crippen molar-refractivity contribution in [3.8, 4) is 0 Å². The summed E-state index contributed by atoms with van der Waals surface area (Å²) in [6.45, 7) is 2.63. The molecule has 0 aromatic carbocycles. The number of hydrogen-bond acceptors (Lipinski definition) is 3. The van der Waals surface area contributed by atoms with Crippen LogP contribution in [0.3, 0.4) is 0 Å². The molecule has 1 amide bonds. The van der Waals surface area contributed by atoms with E-state index in [9.17, 15) is 4.79 Å². The van der Waals surface area contributed by atoms with Gasteiger partial charge >= 0.3 is 0 Å². The molecule has 3 nitrogen and oxygen atoms in total. The van der Waals surface area contributed by atoms with Gasteiger partial charge in [0.1, 0.15) is 0 Å². The molecule has 88 valence electrons. The molecule has 0 aromatic rings. The lowest BCUT2D eigenvalue weighted by atomic mass is 9.95. The van der Waals surface area contributed by atoms with Gasteiger partial charge in [0.2, 0.25) is 5.91 Å². The minimum Gasteiger partial charge on any atom is -0.352 e. The van der Waals surface area contributed by atoms with Gasteiger partial charge < -0.3 is 11.1 Å². The highest BCUT2D eigenvalue weighted by atomic mass is 32.2. The van der Waals surface area contributed by atoms with Gasteiger partial charge in [0.25, 0.3) is 0 Å². The lowest BCUT2D eigenvalue weighted by Crippen LogP contribution is -2.44. The van der Waals surface area contributed by atoms with Crippen LogP contribution >= 0.6 is 11.8 Å².